The minimum absolute atomic E-state index is 0.0835. The minimum atomic E-state index is 0.0835. The van der Waals surface area contributed by atoms with E-state index in [9.17, 15) is 4.79 Å². The van der Waals surface area contributed by atoms with Crippen molar-refractivity contribution in [2.24, 2.45) is 0 Å². The molecule has 6 heteroatoms. The van der Waals surface area contributed by atoms with E-state index in [0.717, 1.165) is 55.5 Å². The molecule has 23 heavy (non-hydrogen) atoms. The highest BCUT2D eigenvalue weighted by Gasteiger charge is 2.30. The molecule has 2 aromatic rings. The molecule has 1 saturated carbocycles. The molecular weight excluding hydrogens is 292 g/mol. The van der Waals surface area contributed by atoms with Gasteiger partial charge in [0.25, 0.3) is 11.6 Å². The zero-order chi connectivity index (χ0) is 16.0. The lowest BCUT2D eigenvalue weighted by Crippen LogP contribution is -2.44. The first-order valence-electron chi connectivity index (χ1n) is 8.41. The average molecular weight is 314 g/mol. The van der Waals surface area contributed by atoms with Crippen LogP contribution in [-0.2, 0) is 0 Å². The van der Waals surface area contributed by atoms with Crippen LogP contribution in [0.3, 0.4) is 0 Å². The average Bonchev–Trinajstić information content (AvgIpc) is 3.37. The van der Waals surface area contributed by atoms with Gasteiger partial charge in [-0.2, -0.15) is 0 Å². The van der Waals surface area contributed by atoms with Crippen molar-refractivity contribution < 1.29 is 9.32 Å². The minimum Gasteiger partial charge on any atom is -0.339 e. The predicted octanol–water partition coefficient (Wildman–Crippen LogP) is 2.23. The van der Waals surface area contributed by atoms with Gasteiger partial charge >= 0.3 is 0 Å². The monoisotopic (exact) mass is 314 g/mol. The van der Waals surface area contributed by atoms with Crippen LogP contribution in [0.2, 0.25) is 0 Å². The Labute approximate surface area is 135 Å². The van der Waals surface area contributed by atoms with Gasteiger partial charge in [-0.25, -0.2) is 4.98 Å². The summed E-state index contributed by atoms with van der Waals surface area (Å²) < 4.78 is 5.34. The third-order valence-corrected chi connectivity index (χ3v) is 5.05. The lowest BCUT2D eigenvalue weighted by Gasteiger charge is -2.32. The van der Waals surface area contributed by atoms with Crippen LogP contribution in [0.15, 0.2) is 10.6 Å². The molecule has 0 radical (unpaired) electrons. The quantitative estimate of drug-likeness (QED) is 0.940. The van der Waals surface area contributed by atoms with Crippen LogP contribution >= 0.6 is 0 Å². The summed E-state index contributed by atoms with van der Waals surface area (Å²) in [4.78, 5) is 19.6. The molecular formula is C17H22N4O2. The maximum atomic E-state index is 13.1. The summed E-state index contributed by atoms with van der Waals surface area (Å²) in [7, 11) is 1.98. The van der Waals surface area contributed by atoms with Crippen molar-refractivity contribution in [2.75, 3.05) is 20.1 Å². The van der Waals surface area contributed by atoms with Gasteiger partial charge in [0.2, 0.25) is 0 Å². The first kappa shape index (κ1) is 14.6. The highest BCUT2D eigenvalue weighted by Crippen LogP contribution is 2.40. The fraction of sp³-hybridized carbons (Fsp3) is 0.588. The van der Waals surface area contributed by atoms with E-state index in [1.54, 1.807) is 0 Å². The van der Waals surface area contributed by atoms with E-state index >= 15 is 0 Å². The number of likely N-dealkylation sites (tertiary alicyclic amines) is 1. The van der Waals surface area contributed by atoms with Crippen LogP contribution < -0.4 is 5.32 Å². The number of hydrogen-bond donors (Lipinski definition) is 1. The summed E-state index contributed by atoms with van der Waals surface area (Å²) in [6, 6.07) is 2.48. The number of pyridine rings is 1. The van der Waals surface area contributed by atoms with Gasteiger partial charge in [-0.3, -0.25) is 4.79 Å². The Bertz CT molecular complexity index is 742. The Kier molecular flexibility index (Phi) is 3.56. The van der Waals surface area contributed by atoms with Gasteiger partial charge in [-0.05, 0) is 45.7 Å². The number of amides is 1. The lowest BCUT2D eigenvalue weighted by molar-refractivity contribution is 0.0709. The number of aryl methyl sites for hydroxylation is 1. The fourth-order valence-electron chi connectivity index (χ4n) is 3.41. The van der Waals surface area contributed by atoms with Crippen molar-refractivity contribution >= 4 is 17.0 Å². The van der Waals surface area contributed by atoms with Crippen molar-refractivity contribution in [1.29, 1.82) is 0 Å². The molecule has 1 amide bonds. The zero-order valence-electron chi connectivity index (χ0n) is 13.6. The zero-order valence-corrected chi connectivity index (χ0v) is 13.6. The van der Waals surface area contributed by atoms with Crippen molar-refractivity contribution in [1.82, 2.24) is 20.4 Å². The number of carbonyl (C=O) groups is 1. The van der Waals surface area contributed by atoms with Crippen LogP contribution in [0.25, 0.3) is 11.1 Å². The molecule has 1 aliphatic carbocycles. The highest BCUT2D eigenvalue weighted by molar-refractivity contribution is 6.06. The standard InChI is InChI=1S/C17H22N4O2/c1-10-15-13(17(22)21-7-5-12(18-2)6-8-21)9-14(11-3-4-11)19-16(15)23-20-10/h9,11-12,18H,3-8H2,1-2H3. The summed E-state index contributed by atoms with van der Waals surface area (Å²) in [5.74, 6) is 0.562. The Morgan fingerprint density at radius 2 is 2.04 bits per heavy atom. The molecule has 0 aromatic carbocycles. The fourth-order valence-corrected chi connectivity index (χ4v) is 3.41. The van der Waals surface area contributed by atoms with Crippen molar-refractivity contribution in [3.8, 4) is 0 Å². The summed E-state index contributed by atoms with van der Waals surface area (Å²) in [6.07, 6.45) is 4.28. The summed E-state index contributed by atoms with van der Waals surface area (Å²) >= 11 is 0. The number of nitrogens with one attached hydrogen (secondary N) is 1. The highest BCUT2D eigenvalue weighted by atomic mass is 16.5. The van der Waals surface area contributed by atoms with E-state index in [-0.39, 0.29) is 5.91 Å². The normalized spacial score (nSPS) is 19.5. The second-order valence-corrected chi connectivity index (χ2v) is 6.67. The summed E-state index contributed by atoms with van der Waals surface area (Å²) in [5, 5.41) is 8.08. The Balaban J connectivity index is 1.69. The second kappa shape index (κ2) is 5.60. The van der Waals surface area contributed by atoms with Crippen LogP contribution in [0.1, 0.15) is 53.3 Å². The van der Waals surface area contributed by atoms with Crippen molar-refractivity contribution in [2.45, 2.75) is 44.6 Å². The molecule has 1 N–H and O–H groups in total. The molecule has 2 fully saturated rings. The summed E-state index contributed by atoms with van der Waals surface area (Å²) in [5.41, 5.74) is 2.92. The van der Waals surface area contributed by atoms with E-state index < -0.39 is 0 Å². The number of nitrogens with zero attached hydrogens (tertiary/aromatic N) is 3. The number of piperidine rings is 1. The van der Waals surface area contributed by atoms with Gasteiger partial charge in [0.05, 0.1) is 16.6 Å². The van der Waals surface area contributed by atoms with Crippen LogP contribution in [0.4, 0.5) is 0 Å². The van der Waals surface area contributed by atoms with E-state index in [1.165, 1.54) is 0 Å². The SMILES string of the molecule is CNC1CCN(C(=O)c2cc(C3CC3)nc3onc(C)c23)CC1. The maximum Gasteiger partial charge on any atom is 0.259 e. The number of fused-ring (bicyclic) bond motifs is 1. The molecule has 6 nitrogen and oxygen atoms in total. The van der Waals surface area contributed by atoms with E-state index in [1.807, 2.05) is 24.9 Å². The van der Waals surface area contributed by atoms with Gasteiger partial charge in [0.1, 0.15) is 0 Å². The van der Waals surface area contributed by atoms with E-state index in [2.05, 4.69) is 15.5 Å². The Morgan fingerprint density at radius 1 is 1.30 bits per heavy atom. The van der Waals surface area contributed by atoms with Gasteiger partial charge in [-0.15, -0.1) is 0 Å². The van der Waals surface area contributed by atoms with E-state index in [4.69, 9.17) is 4.52 Å². The predicted molar refractivity (Wildman–Crippen MR) is 86.5 cm³/mol. The smallest absolute Gasteiger partial charge is 0.259 e. The molecule has 0 spiro atoms. The molecule has 0 bridgehead atoms. The molecule has 122 valence electrons. The van der Waals surface area contributed by atoms with Crippen LogP contribution in [0.5, 0.6) is 0 Å². The molecule has 1 aliphatic heterocycles. The summed E-state index contributed by atoms with van der Waals surface area (Å²) in [6.45, 7) is 3.45. The first-order valence-corrected chi connectivity index (χ1v) is 8.41. The van der Waals surface area contributed by atoms with Gasteiger partial charge in [0.15, 0.2) is 0 Å². The van der Waals surface area contributed by atoms with Crippen LogP contribution in [0, 0.1) is 6.92 Å². The molecule has 4 rings (SSSR count). The third kappa shape index (κ3) is 2.61. The van der Waals surface area contributed by atoms with Crippen LogP contribution in [-0.4, -0.2) is 47.1 Å². The molecule has 0 atom stereocenters. The topological polar surface area (TPSA) is 71.3 Å². The maximum absolute atomic E-state index is 13.1. The van der Waals surface area contributed by atoms with E-state index in [0.29, 0.717) is 23.2 Å². The largest absolute Gasteiger partial charge is 0.339 e. The molecule has 2 aromatic heterocycles. The van der Waals surface area contributed by atoms with Gasteiger partial charge in [0, 0.05) is 30.7 Å². The Hall–Kier alpha value is -1.95. The second-order valence-electron chi connectivity index (χ2n) is 6.67. The first-order chi connectivity index (χ1) is 11.2. The number of aromatic nitrogens is 2. The molecule has 0 unspecified atom stereocenters. The van der Waals surface area contributed by atoms with Crippen molar-refractivity contribution in [3.63, 3.8) is 0 Å². The number of carbonyl (C=O) groups excluding carboxylic acids is 1. The van der Waals surface area contributed by atoms with Crippen molar-refractivity contribution in [3.05, 3.63) is 23.0 Å². The number of hydrogen-bond acceptors (Lipinski definition) is 5. The van der Waals surface area contributed by atoms with Gasteiger partial charge in [-0.1, -0.05) is 5.16 Å². The third-order valence-electron chi connectivity index (χ3n) is 5.05. The molecule has 3 heterocycles. The lowest BCUT2D eigenvalue weighted by atomic mass is 10.0. The Morgan fingerprint density at radius 3 is 2.70 bits per heavy atom. The number of rotatable bonds is 3. The molecule has 1 saturated heterocycles. The molecule has 2 aliphatic rings. The van der Waals surface area contributed by atoms with Gasteiger partial charge < -0.3 is 14.7 Å².